The summed E-state index contributed by atoms with van der Waals surface area (Å²) < 4.78 is 3.74. The predicted molar refractivity (Wildman–Crippen MR) is 41.0 cm³/mol. The Morgan fingerprint density at radius 2 is 2.40 bits per heavy atom. The van der Waals surface area contributed by atoms with Crippen LogP contribution in [0.1, 0.15) is 0 Å². The molecular formula is C5H3N3S2. The molecule has 2 aromatic rings. The first kappa shape index (κ1) is 5.94. The van der Waals surface area contributed by atoms with Gasteiger partial charge in [-0.25, -0.2) is 4.98 Å². The van der Waals surface area contributed by atoms with Gasteiger partial charge >= 0.3 is 0 Å². The third kappa shape index (κ3) is 0.932. The normalized spacial score (nSPS) is 10.0. The molecule has 2 heterocycles. The zero-order valence-corrected chi connectivity index (χ0v) is 6.52. The number of rotatable bonds is 1. The molecule has 0 saturated carbocycles. The van der Waals surface area contributed by atoms with E-state index in [2.05, 4.69) is 14.6 Å². The Labute approximate surface area is 65.5 Å². The van der Waals surface area contributed by atoms with E-state index in [0.717, 1.165) is 9.88 Å². The van der Waals surface area contributed by atoms with Crippen LogP contribution in [0.25, 0.3) is 9.88 Å². The fraction of sp³-hybridized carbons (Fsp3) is 0. The first-order valence-corrected chi connectivity index (χ1v) is 4.29. The minimum atomic E-state index is 0.995. The summed E-state index contributed by atoms with van der Waals surface area (Å²) in [6.45, 7) is 0. The van der Waals surface area contributed by atoms with Crippen molar-refractivity contribution < 1.29 is 0 Å². The van der Waals surface area contributed by atoms with Crippen molar-refractivity contribution in [1.29, 1.82) is 0 Å². The van der Waals surface area contributed by atoms with E-state index >= 15 is 0 Å². The molecule has 0 unspecified atom stereocenters. The minimum Gasteiger partial charge on any atom is -0.244 e. The largest absolute Gasteiger partial charge is 0.244 e. The summed E-state index contributed by atoms with van der Waals surface area (Å²) in [7, 11) is 0. The maximum absolute atomic E-state index is 4.11. The maximum Gasteiger partial charge on any atom is 0.136 e. The van der Waals surface area contributed by atoms with E-state index in [9.17, 15) is 0 Å². The highest BCUT2D eigenvalue weighted by Gasteiger charge is 2.00. The predicted octanol–water partition coefficient (Wildman–Crippen LogP) is 1.66. The number of hydrogen-bond donors (Lipinski definition) is 0. The van der Waals surface area contributed by atoms with Gasteiger partial charge in [-0.15, -0.1) is 16.4 Å². The first-order valence-electron chi connectivity index (χ1n) is 2.64. The fourth-order valence-electron chi connectivity index (χ4n) is 0.607. The second-order valence-corrected chi connectivity index (χ2v) is 3.30. The van der Waals surface area contributed by atoms with Gasteiger partial charge in [-0.3, -0.25) is 0 Å². The third-order valence-electron chi connectivity index (χ3n) is 1.00. The van der Waals surface area contributed by atoms with E-state index in [1.165, 1.54) is 11.5 Å². The van der Waals surface area contributed by atoms with Crippen molar-refractivity contribution in [3.63, 3.8) is 0 Å². The van der Waals surface area contributed by atoms with Gasteiger partial charge in [0.15, 0.2) is 0 Å². The quantitative estimate of drug-likeness (QED) is 0.651. The molecule has 0 aromatic carbocycles. The molecule has 3 nitrogen and oxygen atoms in total. The van der Waals surface area contributed by atoms with Gasteiger partial charge in [0.2, 0.25) is 0 Å². The molecule has 0 radical (unpaired) electrons. The van der Waals surface area contributed by atoms with Gasteiger partial charge in [0.1, 0.15) is 9.88 Å². The molecule has 0 N–H and O–H groups in total. The minimum absolute atomic E-state index is 0.995. The Balaban J connectivity index is 2.48. The summed E-state index contributed by atoms with van der Waals surface area (Å²) in [4.78, 5) is 5.14. The molecule has 5 heteroatoms. The number of thiazole rings is 1. The van der Waals surface area contributed by atoms with Crippen molar-refractivity contribution in [2.45, 2.75) is 0 Å². The molecule has 0 saturated heterocycles. The highest BCUT2D eigenvalue weighted by atomic mass is 32.1. The van der Waals surface area contributed by atoms with E-state index in [-0.39, 0.29) is 0 Å². The lowest BCUT2D eigenvalue weighted by molar-refractivity contribution is 1.16. The molecule has 0 aliphatic heterocycles. The zero-order valence-electron chi connectivity index (χ0n) is 4.89. The second kappa shape index (κ2) is 2.43. The Morgan fingerprint density at radius 1 is 1.40 bits per heavy atom. The smallest absolute Gasteiger partial charge is 0.136 e. The molecule has 10 heavy (non-hydrogen) atoms. The summed E-state index contributed by atoms with van der Waals surface area (Å²) in [6.07, 6.45) is 3.50. The van der Waals surface area contributed by atoms with Gasteiger partial charge in [-0.05, 0) is 11.5 Å². The Bertz CT molecular complexity index is 254. The molecular weight excluding hydrogens is 166 g/mol. The van der Waals surface area contributed by atoms with Crippen molar-refractivity contribution in [3.8, 4) is 9.88 Å². The molecule has 2 rings (SSSR count). The first-order chi connectivity index (χ1) is 4.97. The van der Waals surface area contributed by atoms with Gasteiger partial charge in [-0.1, -0.05) is 4.49 Å². The van der Waals surface area contributed by atoms with E-state index in [4.69, 9.17) is 0 Å². The summed E-state index contributed by atoms with van der Waals surface area (Å²) >= 11 is 2.97. The van der Waals surface area contributed by atoms with Gasteiger partial charge < -0.3 is 0 Å². The highest BCUT2D eigenvalue weighted by Crippen LogP contribution is 2.22. The van der Waals surface area contributed by atoms with Gasteiger partial charge in [0.05, 0.1) is 6.20 Å². The molecule has 0 aliphatic rings. The Morgan fingerprint density at radius 3 is 3.00 bits per heavy atom. The number of hydrogen-bond acceptors (Lipinski definition) is 5. The van der Waals surface area contributed by atoms with Crippen LogP contribution in [0.3, 0.4) is 0 Å². The maximum atomic E-state index is 4.11. The Hall–Kier alpha value is -0.810. The summed E-state index contributed by atoms with van der Waals surface area (Å²) in [5.74, 6) is 0. The van der Waals surface area contributed by atoms with Gasteiger partial charge in [0, 0.05) is 11.6 Å². The average molecular weight is 169 g/mol. The number of aromatic nitrogens is 3. The van der Waals surface area contributed by atoms with Crippen molar-refractivity contribution in [3.05, 3.63) is 17.8 Å². The molecule has 0 spiro atoms. The highest BCUT2D eigenvalue weighted by molar-refractivity contribution is 7.18. The molecule has 0 aliphatic carbocycles. The van der Waals surface area contributed by atoms with Gasteiger partial charge in [-0.2, -0.15) is 0 Å². The molecule has 0 fully saturated rings. The van der Waals surface area contributed by atoms with Crippen molar-refractivity contribution in [2.24, 2.45) is 0 Å². The standard InChI is InChI=1S/C5H3N3S2/c1-2-9-5(6-1)4-3-7-8-10-4/h1-3H. The average Bonchev–Trinajstić information content (AvgIpc) is 2.59. The van der Waals surface area contributed by atoms with Crippen molar-refractivity contribution in [2.75, 3.05) is 0 Å². The van der Waals surface area contributed by atoms with Crippen LogP contribution in [0.2, 0.25) is 0 Å². The van der Waals surface area contributed by atoms with Crippen LogP contribution in [0.15, 0.2) is 17.8 Å². The molecule has 0 bridgehead atoms. The fourth-order valence-corrected chi connectivity index (χ4v) is 1.81. The molecule has 50 valence electrons. The molecule has 2 aromatic heterocycles. The summed E-state index contributed by atoms with van der Waals surface area (Å²) in [5.41, 5.74) is 0. The van der Waals surface area contributed by atoms with E-state index in [0.29, 0.717) is 0 Å². The second-order valence-electron chi connectivity index (χ2n) is 1.62. The van der Waals surface area contributed by atoms with Crippen LogP contribution in [-0.4, -0.2) is 14.6 Å². The van der Waals surface area contributed by atoms with Gasteiger partial charge in [0.25, 0.3) is 0 Å². The van der Waals surface area contributed by atoms with Crippen LogP contribution in [0.4, 0.5) is 0 Å². The van der Waals surface area contributed by atoms with Crippen LogP contribution >= 0.6 is 22.9 Å². The van der Waals surface area contributed by atoms with E-state index in [1.807, 2.05) is 5.38 Å². The van der Waals surface area contributed by atoms with Crippen LogP contribution < -0.4 is 0 Å². The summed E-state index contributed by atoms with van der Waals surface area (Å²) in [5, 5.41) is 6.65. The zero-order chi connectivity index (χ0) is 6.81. The van der Waals surface area contributed by atoms with Crippen LogP contribution in [-0.2, 0) is 0 Å². The van der Waals surface area contributed by atoms with E-state index in [1.54, 1.807) is 23.7 Å². The van der Waals surface area contributed by atoms with Crippen molar-refractivity contribution >= 4 is 22.9 Å². The van der Waals surface area contributed by atoms with Crippen LogP contribution in [0.5, 0.6) is 0 Å². The lowest BCUT2D eigenvalue weighted by atomic mass is 10.6. The SMILES string of the molecule is c1csc(-c2cnns2)n1. The topological polar surface area (TPSA) is 38.7 Å². The number of nitrogens with zero attached hydrogens (tertiary/aromatic N) is 3. The third-order valence-corrected chi connectivity index (χ3v) is 2.61. The van der Waals surface area contributed by atoms with Crippen molar-refractivity contribution in [1.82, 2.24) is 14.6 Å². The Kier molecular flexibility index (Phi) is 1.44. The monoisotopic (exact) mass is 169 g/mol. The summed E-state index contributed by atoms with van der Waals surface area (Å²) in [6, 6.07) is 0. The van der Waals surface area contributed by atoms with Crippen LogP contribution in [0, 0.1) is 0 Å². The lowest BCUT2D eigenvalue weighted by Gasteiger charge is -1.80. The molecule has 0 amide bonds. The molecule has 0 atom stereocenters. The van der Waals surface area contributed by atoms with E-state index < -0.39 is 0 Å². The lowest BCUT2D eigenvalue weighted by Crippen LogP contribution is -1.64.